The summed E-state index contributed by atoms with van der Waals surface area (Å²) in [6.45, 7) is 0.497. The lowest BCUT2D eigenvalue weighted by atomic mass is 10.1. The zero-order valence-corrected chi connectivity index (χ0v) is 15.4. The maximum atomic E-state index is 13.4. The van der Waals surface area contributed by atoms with Crippen molar-refractivity contribution < 1.29 is 22.2 Å². The molecular formula is C18H14F2N4O3S. The van der Waals surface area contributed by atoms with Gasteiger partial charge in [-0.2, -0.15) is 5.10 Å². The number of rotatable bonds is 6. The molecule has 10 heteroatoms. The number of halogens is 2. The van der Waals surface area contributed by atoms with Crippen molar-refractivity contribution in [3.8, 4) is 5.75 Å². The normalized spacial score (nSPS) is 12.2. The Morgan fingerprint density at radius 1 is 1.21 bits per heavy atom. The van der Waals surface area contributed by atoms with Crippen molar-refractivity contribution in [2.75, 3.05) is 11.8 Å². The zero-order chi connectivity index (χ0) is 19.7. The van der Waals surface area contributed by atoms with Crippen molar-refractivity contribution in [2.45, 2.75) is 11.4 Å². The second-order valence-corrected chi connectivity index (χ2v) is 7.09. The lowest BCUT2D eigenvalue weighted by Gasteiger charge is -2.08. The summed E-state index contributed by atoms with van der Waals surface area (Å²) in [5.41, 5.74) is 1.27. The number of methoxy groups -OCH3 is 1. The number of nitrogens with one attached hydrogen (secondary N) is 1. The van der Waals surface area contributed by atoms with E-state index in [0.29, 0.717) is 29.3 Å². The minimum Gasteiger partial charge on any atom is -0.496 e. The molecule has 1 unspecified atom stereocenters. The minimum absolute atomic E-state index is 0.0667. The molecule has 4 aromatic rings. The number of benzene rings is 2. The molecule has 2 aromatic carbocycles. The molecule has 0 aliphatic heterocycles. The van der Waals surface area contributed by atoms with Gasteiger partial charge < -0.3 is 9.26 Å². The van der Waals surface area contributed by atoms with Gasteiger partial charge in [0.1, 0.15) is 22.8 Å². The summed E-state index contributed by atoms with van der Waals surface area (Å²) in [5, 5.41) is 8.51. The van der Waals surface area contributed by atoms with Gasteiger partial charge in [0.15, 0.2) is 22.4 Å². The van der Waals surface area contributed by atoms with Crippen LogP contribution >= 0.6 is 0 Å². The highest BCUT2D eigenvalue weighted by atomic mass is 32.2. The van der Waals surface area contributed by atoms with Gasteiger partial charge in [0.2, 0.25) is 0 Å². The highest BCUT2D eigenvalue weighted by Crippen LogP contribution is 2.34. The molecule has 0 fully saturated rings. The van der Waals surface area contributed by atoms with E-state index in [1.54, 1.807) is 23.0 Å². The van der Waals surface area contributed by atoms with Gasteiger partial charge in [0.05, 0.1) is 18.6 Å². The van der Waals surface area contributed by atoms with Gasteiger partial charge in [-0.1, -0.05) is 5.16 Å². The lowest BCUT2D eigenvalue weighted by molar-refractivity contribution is 0.418. The molecule has 4 rings (SSSR count). The van der Waals surface area contributed by atoms with Gasteiger partial charge in [-0.05, 0) is 35.9 Å². The van der Waals surface area contributed by atoms with Crippen LogP contribution < -0.4 is 9.46 Å². The Morgan fingerprint density at radius 3 is 2.68 bits per heavy atom. The maximum Gasteiger partial charge on any atom is 0.193 e. The highest BCUT2D eigenvalue weighted by molar-refractivity contribution is 7.86. The van der Waals surface area contributed by atoms with E-state index in [9.17, 15) is 13.0 Å². The summed E-state index contributed by atoms with van der Waals surface area (Å²) in [6.07, 6.45) is 3.50. The van der Waals surface area contributed by atoms with Gasteiger partial charge in [-0.3, -0.25) is 9.40 Å². The van der Waals surface area contributed by atoms with Crippen LogP contribution in [0.3, 0.4) is 0 Å². The van der Waals surface area contributed by atoms with Gasteiger partial charge in [0, 0.05) is 18.5 Å². The molecule has 7 nitrogen and oxygen atoms in total. The molecule has 0 amide bonds. The largest absolute Gasteiger partial charge is 0.496 e. The number of ether oxygens (including phenoxy) is 1. The quantitative estimate of drug-likeness (QED) is 0.532. The summed E-state index contributed by atoms with van der Waals surface area (Å²) in [5.74, 6) is -1.06. The first-order valence-corrected chi connectivity index (χ1v) is 9.26. The molecule has 1 N–H and O–H groups in total. The monoisotopic (exact) mass is 404 g/mol. The molecule has 0 saturated carbocycles. The number of aromatic nitrogens is 3. The average Bonchev–Trinajstić information content (AvgIpc) is 3.30. The van der Waals surface area contributed by atoms with Gasteiger partial charge in [0.25, 0.3) is 0 Å². The van der Waals surface area contributed by atoms with Gasteiger partial charge in [-0.15, -0.1) is 0 Å². The van der Waals surface area contributed by atoms with E-state index in [4.69, 9.17) is 9.26 Å². The Morgan fingerprint density at radius 2 is 2.00 bits per heavy atom. The molecule has 144 valence electrons. The van der Waals surface area contributed by atoms with Crippen LogP contribution in [0.15, 0.2) is 58.2 Å². The number of anilines is 1. The van der Waals surface area contributed by atoms with Crippen molar-refractivity contribution >= 4 is 27.8 Å². The molecule has 0 radical (unpaired) electrons. The fraction of sp³-hybridized carbons (Fsp3) is 0.111. The Labute approximate surface area is 160 Å². The molecule has 2 aromatic heterocycles. The molecule has 1 atom stereocenters. The fourth-order valence-corrected chi connectivity index (χ4v) is 3.65. The molecule has 0 aliphatic rings. The lowest BCUT2D eigenvalue weighted by Crippen LogP contribution is -2.06. The molecular weight excluding hydrogens is 390 g/mol. The smallest absolute Gasteiger partial charge is 0.193 e. The van der Waals surface area contributed by atoms with Crippen molar-refractivity contribution in [3.63, 3.8) is 0 Å². The number of fused-ring (bicyclic) bond motifs is 1. The molecule has 0 spiro atoms. The predicted octanol–water partition coefficient (Wildman–Crippen LogP) is 3.49. The summed E-state index contributed by atoms with van der Waals surface area (Å²) in [6, 6.07) is 8.04. The van der Waals surface area contributed by atoms with Crippen LogP contribution in [0.25, 0.3) is 11.0 Å². The van der Waals surface area contributed by atoms with E-state index in [1.807, 2.05) is 12.3 Å². The third-order valence-corrected chi connectivity index (χ3v) is 5.00. The van der Waals surface area contributed by atoms with Crippen LogP contribution in [0, 0.1) is 11.6 Å². The van der Waals surface area contributed by atoms with E-state index in [-0.39, 0.29) is 10.7 Å². The molecule has 2 heterocycles. The first-order valence-electron chi connectivity index (χ1n) is 8.12. The zero-order valence-electron chi connectivity index (χ0n) is 14.6. The van der Waals surface area contributed by atoms with Crippen LogP contribution in [0.4, 0.5) is 14.6 Å². The molecule has 28 heavy (non-hydrogen) atoms. The van der Waals surface area contributed by atoms with E-state index < -0.39 is 22.6 Å². The topological polar surface area (TPSA) is 82.2 Å². The van der Waals surface area contributed by atoms with Gasteiger partial charge in [-0.25, -0.2) is 13.0 Å². The molecule has 0 aliphatic carbocycles. The standard InChI is InChI=1S/C18H14F2N4O3S/c1-26-15-5-11(10-24-4-2-3-21-24)6-16-17(15)18(22-27-16)23-28(25)14-8-12(19)7-13(20)9-14/h2-9H,10H2,1H3,(H,22,23). The predicted molar refractivity (Wildman–Crippen MR) is 98.3 cm³/mol. The molecule has 0 saturated heterocycles. The van der Waals surface area contributed by atoms with Crippen LogP contribution in [-0.4, -0.2) is 26.3 Å². The third kappa shape index (κ3) is 3.58. The van der Waals surface area contributed by atoms with Crippen LogP contribution in [0.2, 0.25) is 0 Å². The summed E-state index contributed by atoms with van der Waals surface area (Å²) >= 11 is 0. The number of hydrogen-bond acceptors (Lipinski definition) is 5. The fourth-order valence-electron chi connectivity index (χ4n) is 2.78. The number of hydrogen-bond donors (Lipinski definition) is 1. The Hall–Kier alpha value is -3.27. The van der Waals surface area contributed by atoms with Crippen molar-refractivity contribution in [1.29, 1.82) is 0 Å². The first-order chi connectivity index (χ1) is 13.5. The summed E-state index contributed by atoms with van der Waals surface area (Å²) in [7, 11) is -0.465. The Kier molecular flexibility index (Phi) is 4.78. The Balaban J connectivity index is 1.67. The van der Waals surface area contributed by atoms with Crippen LogP contribution in [0.1, 0.15) is 5.56 Å². The van der Waals surface area contributed by atoms with Crippen molar-refractivity contribution in [1.82, 2.24) is 14.9 Å². The Bertz CT molecular complexity index is 1140. The highest BCUT2D eigenvalue weighted by Gasteiger charge is 2.18. The second-order valence-electron chi connectivity index (χ2n) is 5.88. The molecule has 0 bridgehead atoms. The van der Waals surface area contributed by atoms with Crippen molar-refractivity contribution in [3.05, 3.63) is 66.0 Å². The van der Waals surface area contributed by atoms with Gasteiger partial charge >= 0.3 is 0 Å². The third-order valence-electron chi connectivity index (χ3n) is 3.96. The maximum absolute atomic E-state index is 13.4. The number of nitrogens with zero attached hydrogens (tertiary/aromatic N) is 3. The van der Waals surface area contributed by atoms with Crippen LogP contribution in [0.5, 0.6) is 5.75 Å². The van der Waals surface area contributed by atoms with E-state index in [0.717, 1.165) is 17.7 Å². The SMILES string of the molecule is COc1cc(Cn2cccn2)cc2onc(NS(=O)c3cc(F)cc(F)c3)c12. The summed E-state index contributed by atoms with van der Waals surface area (Å²) in [4.78, 5) is -0.0667. The van der Waals surface area contributed by atoms with E-state index >= 15 is 0 Å². The summed E-state index contributed by atoms with van der Waals surface area (Å²) < 4.78 is 54.3. The second kappa shape index (κ2) is 7.39. The van der Waals surface area contributed by atoms with E-state index in [1.165, 1.54) is 7.11 Å². The minimum atomic E-state index is -1.95. The van der Waals surface area contributed by atoms with Crippen molar-refractivity contribution in [2.24, 2.45) is 0 Å². The average molecular weight is 404 g/mol. The first kappa shape index (κ1) is 18.1. The van der Waals surface area contributed by atoms with E-state index in [2.05, 4.69) is 15.0 Å². The van der Waals surface area contributed by atoms with Crippen LogP contribution in [-0.2, 0) is 17.5 Å².